The largest absolute Gasteiger partial charge is 0.497 e. The summed E-state index contributed by atoms with van der Waals surface area (Å²) in [4.78, 5) is 27.9. The predicted molar refractivity (Wildman–Crippen MR) is 122 cm³/mol. The first kappa shape index (κ1) is 21.0. The van der Waals surface area contributed by atoms with Crippen LogP contribution in [0.15, 0.2) is 78.5 Å². The van der Waals surface area contributed by atoms with Crippen molar-refractivity contribution in [3.63, 3.8) is 0 Å². The molecule has 0 bridgehead atoms. The summed E-state index contributed by atoms with van der Waals surface area (Å²) in [5, 5.41) is 3.83. The number of benzene rings is 3. The fourth-order valence-corrected chi connectivity index (χ4v) is 3.87. The van der Waals surface area contributed by atoms with Crippen LogP contribution < -0.4 is 10.1 Å². The van der Waals surface area contributed by atoms with Gasteiger partial charge in [-0.05, 0) is 42.0 Å². The van der Waals surface area contributed by atoms with E-state index in [-0.39, 0.29) is 17.8 Å². The van der Waals surface area contributed by atoms with Crippen molar-refractivity contribution in [2.24, 2.45) is 0 Å². The Morgan fingerprint density at radius 2 is 1.61 bits per heavy atom. The molecule has 5 nitrogen and oxygen atoms in total. The molecule has 0 spiro atoms. The third-order valence-corrected chi connectivity index (χ3v) is 5.46. The van der Waals surface area contributed by atoms with Gasteiger partial charge in [-0.1, -0.05) is 59.6 Å². The maximum atomic E-state index is 13.4. The van der Waals surface area contributed by atoms with E-state index in [1.807, 2.05) is 30.3 Å². The molecule has 1 N–H and O–H groups in total. The van der Waals surface area contributed by atoms with Gasteiger partial charge < -0.3 is 10.1 Å². The van der Waals surface area contributed by atoms with Gasteiger partial charge in [0.1, 0.15) is 11.4 Å². The molecular weight excluding hydrogens is 435 g/mol. The Labute approximate surface area is 189 Å². The highest BCUT2D eigenvalue weighted by molar-refractivity contribution is 6.41. The Morgan fingerprint density at radius 1 is 0.903 bits per heavy atom. The number of halogens is 2. The number of imide groups is 1. The van der Waals surface area contributed by atoms with Crippen molar-refractivity contribution in [1.82, 2.24) is 4.90 Å². The van der Waals surface area contributed by atoms with Gasteiger partial charge in [0.25, 0.3) is 11.8 Å². The van der Waals surface area contributed by atoms with Gasteiger partial charge in [-0.2, -0.15) is 0 Å². The van der Waals surface area contributed by atoms with Crippen LogP contribution in [0.4, 0.5) is 5.69 Å². The molecule has 0 fully saturated rings. The van der Waals surface area contributed by atoms with Crippen molar-refractivity contribution in [3.8, 4) is 5.75 Å². The number of nitrogens with one attached hydrogen (secondary N) is 1. The molecule has 0 saturated carbocycles. The molecule has 7 heteroatoms. The fraction of sp³-hybridized carbons (Fsp3) is 0.0833. The van der Waals surface area contributed by atoms with Gasteiger partial charge in [0.2, 0.25) is 0 Å². The van der Waals surface area contributed by atoms with Crippen LogP contribution in [-0.4, -0.2) is 23.8 Å². The molecule has 0 radical (unpaired) electrons. The third-order valence-electron chi connectivity index (χ3n) is 4.91. The van der Waals surface area contributed by atoms with Crippen molar-refractivity contribution >= 4 is 46.3 Å². The van der Waals surface area contributed by atoms with Crippen molar-refractivity contribution in [2.75, 3.05) is 12.4 Å². The average Bonchev–Trinajstić information content (AvgIpc) is 2.99. The summed E-state index contributed by atoms with van der Waals surface area (Å²) in [7, 11) is 1.58. The van der Waals surface area contributed by atoms with Crippen molar-refractivity contribution in [3.05, 3.63) is 99.7 Å². The van der Waals surface area contributed by atoms with Crippen LogP contribution in [0.5, 0.6) is 5.75 Å². The normalized spacial score (nSPS) is 13.7. The van der Waals surface area contributed by atoms with Crippen LogP contribution in [0, 0.1) is 0 Å². The monoisotopic (exact) mass is 452 g/mol. The zero-order valence-electron chi connectivity index (χ0n) is 16.6. The highest BCUT2D eigenvalue weighted by Gasteiger charge is 2.40. The fourth-order valence-electron chi connectivity index (χ4n) is 3.36. The number of nitrogens with zero attached hydrogens (tertiary/aromatic N) is 1. The molecule has 0 aromatic heterocycles. The van der Waals surface area contributed by atoms with Crippen LogP contribution >= 0.6 is 23.2 Å². The highest BCUT2D eigenvalue weighted by atomic mass is 35.5. The van der Waals surface area contributed by atoms with Gasteiger partial charge in [-0.3, -0.25) is 14.5 Å². The smallest absolute Gasteiger partial charge is 0.278 e. The Kier molecular flexibility index (Phi) is 5.98. The molecule has 1 aliphatic rings. The van der Waals surface area contributed by atoms with E-state index >= 15 is 0 Å². The summed E-state index contributed by atoms with van der Waals surface area (Å²) in [6.45, 7) is 0.154. The lowest BCUT2D eigenvalue weighted by Gasteiger charge is -2.15. The lowest BCUT2D eigenvalue weighted by molar-refractivity contribution is -0.137. The minimum atomic E-state index is -0.425. The van der Waals surface area contributed by atoms with E-state index in [0.717, 1.165) is 5.56 Å². The van der Waals surface area contributed by atoms with Crippen LogP contribution in [0.1, 0.15) is 11.1 Å². The molecule has 4 rings (SSSR count). The Morgan fingerprint density at radius 3 is 2.26 bits per heavy atom. The summed E-state index contributed by atoms with van der Waals surface area (Å²) < 4.78 is 5.18. The lowest BCUT2D eigenvalue weighted by Crippen LogP contribution is -2.32. The molecule has 0 unspecified atom stereocenters. The highest BCUT2D eigenvalue weighted by Crippen LogP contribution is 2.36. The molecule has 3 aromatic carbocycles. The molecule has 0 saturated heterocycles. The molecule has 0 aliphatic carbocycles. The van der Waals surface area contributed by atoms with Crippen molar-refractivity contribution < 1.29 is 14.3 Å². The molecule has 1 aliphatic heterocycles. The minimum Gasteiger partial charge on any atom is -0.497 e. The zero-order chi connectivity index (χ0) is 22.0. The van der Waals surface area contributed by atoms with Crippen LogP contribution in [0.2, 0.25) is 10.0 Å². The number of hydrogen-bond donors (Lipinski definition) is 1. The lowest BCUT2D eigenvalue weighted by atomic mass is 10.0. The quantitative estimate of drug-likeness (QED) is 0.509. The number of ether oxygens (including phenoxy) is 1. The summed E-state index contributed by atoms with van der Waals surface area (Å²) >= 11 is 12.4. The number of amides is 2. The second-order valence-electron chi connectivity index (χ2n) is 6.91. The van der Waals surface area contributed by atoms with Gasteiger partial charge in [-0.25, -0.2) is 0 Å². The van der Waals surface area contributed by atoms with Gasteiger partial charge in [-0.15, -0.1) is 0 Å². The van der Waals surface area contributed by atoms with E-state index in [1.165, 1.54) is 4.90 Å². The molecule has 156 valence electrons. The number of anilines is 1. The van der Waals surface area contributed by atoms with Crippen molar-refractivity contribution in [2.45, 2.75) is 6.54 Å². The maximum absolute atomic E-state index is 13.4. The number of hydrogen-bond acceptors (Lipinski definition) is 4. The Bertz CT molecular complexity index is 1180. The van der Waals surface area contributed by atoms with Crippen LogP contribution in [0.25, 0.3) is 5.57 Å². The number of rotatable bonds is 6. The first-order chi connectivity index (χ1) is 15.0. The van der Waals surface area contributed by atoms with Crippen LogP contribution in [0.3, 0.4) is 0 Å². The summed E-state index contributed by atoms with van der Waals surface area (Å²) in [6.07, 6.45) is 0. The van der Waals surface area contributed by atoms with E-state index < -0.39 is 11.8 Å². The molecule has 1 heterocycles. The number of carbonyl (C=O) groups is 2. The maximum Gasteiger partial charge on any atom is 0.278 e. The summed E-state index contributed by atoms with van der Waals surface area (Å²) in [5.74, 6) is -0.167. The van der Waals surface area contributed by atoms with E-state index in [1.54, 1.807) is 49.6 Å². The van der Waals surface area contributed by atoms with Gasteiger partial charge in [0.05, 0.1) is 24.3 Å². The van der Waals surface area contributed by atoms with Crippen LogP contribution in [-0.2, 0) is 16.1 Å². The minimum absolute atomic E-state index is 0.154. The summed E-state index contributed by atoms with van der Waals surface area (Å²) in [5.41, 5.74) is 2.29. The number of methoxy groups -OCH3 is 1. The van der Waals surface area contributed by atoms with E-state index in [2.05, 4.69) is 5.32 Å². The molecule has 0 atom stereocenters. The average molecular weight is 453 g/mol. The SMILES string of the molecule is COc1ccc(NC2=C(c3ccc(Cl)cc3Cl)C(=O)N(Cc3ccccc3)C2=O)cc1. The molecule has 2 amide bonds. The molecular formula is C24H18Cl2N2O3. The predicted octanol–water partition coefficient (Wildman–Crippen LogP) is 5.39. The first-order valence-corrected chi connectivity index (χ1v) is 10.2. The molecule has 3 aromatic rings. The zero-order valence-corrected chi connectivity index (χ0v) is 18.1. The Hall–Kier alpha value is -3.28. The standard InChI is InChI=1S/C24H18Cl2N2O3/c1-31-18-10-8-17(9-11-18)27-22-21(19-12-7-16(25)13-20(19)26)23(29)28(24(22)30)14-15-5-3-2-4-6-15/h2-13,27H,14H2,1H3. The number of carbonyl (C=O) groups excluding carboxylic acids is 2. The Balaban J connectivity index is 1.76. The van der Waals surface area contributed by atoms with E-state index in [0.29, 0.717) is 27.0 Å². The molecule has 31 heavy (non-hydrogen) atoms. The first-order valence-electron chi connectivity index (χ1n) is 9.49. The topological polar surface area (TPSA) is 58.6 Å². The van der Waals surface area contributed by atoms with E-state index in [9.17, 15) is 9.59 Å². The van der Waals surface area contributed by atoms with E-state index in [4.69, 9.17) is 27.9 Å². The second-order valence-corrected chi connectivity index (χ2v) is 7.75. The third kappa shape index (κ3) is 4.29. The van der Waals surface area contributed by atoms with Crippen molar-refractivity contribution in [1.29, 1.82) is 0 Å². The van der Waals surface area contributed by atoms with Gasteiger partial charge in [0, 0.05) is 16.3 Å². The van der Waals surface area contributed by atoms with Gasteiger partial charge >= 0.3 is 0 Å². The summed E-state index contributed by atoms with van der Waals surface area (Å²) in [6, 6.07) is 21.2. The van der Waals surface area contributed by atoms with Gasteiger partial charge in [0.15, 0.2) is 0 Å². The second kappa shape index (κ2) is 8.84.